The van der Waals surface area contributed by atoms with Crippen molar-refractivity contribution >= 4 is 44.4 Å². The maximum Gasteiger partial charge on any atom is 0.416 e. The Morgan fingerprint density at radius 3 is 2.14 bits per heavy atom. The van der Waals surface area contributed by atoms with Crippen molar-refractivity contribution in [2.75, 3.05) is 18.4 Å². The normalized spacial score (nSPS) is 16.5. The maximum absolute atomic E-state index is 13.1. The topological polar surface area (TPSA) is 92.3 Å². The van der Waals surface area contributed by atoms with Gasteiger partial charge >= 0.3 is 12.4 Å². The van der Waals surface area contributed by atoms with Crippen LogP contribution < -0.4 is 5.32 Å². The zero-order valence-corrected chi connectivity index (χ0v) is 19.2. The second-order valence-electron chi connectivity index (χ2n) is 7.85. The number of hydrogen-bond acceptors (Lipinski definition) is 6. The van der Waals surface area contributed by atoms with Crippen LogP contribution in [-0.2, 0) is 27.2 Å². The van der Waals surface area contributed by atoms with Gasteiger partial charge in [0, 0.05) is 24.7 Å². The van der Waals surface area contributed by atoms with Crippen LogP contribution in [0.5, 0.6) is 0 Å². The Morgan fingerprint density at radius 2 is 1.57 bits per heavy atom. The molecule has 0 atom stereocenters. The molecule has 0 spiro atoms. The van der Waals surface area contributed by atoms with Crippen LogP contribution in [0.25, 0.3) is 11.0 Å². The summed E-state index contributed by atoms with van der Waals surface area (Å²) >= 11 is 0.863. The summed E-state index contributed by atoms with van der Waals surface area (Å²) in [6.07, 6.45) is -10.0. The fourth-order valence-electron chi connectivity index (χ4n) is 3.76. The number of nitrogens with one attached hydrogen (secondary N) is 1. The molecule has 1 aromatic heterocycles. The first-order valence-electron chi connectivity index (χ1n) is 10.1. The van der Waals surface area contributed by atoms with E-state index in [1.807, 2.05) is 0 Å². The van der Waals surface area contributed by atoms with Crippen molar-refractivity contribution < 1.29 is 39.6 Å². The van der Waals surface area contributed by atoms with Crippen molar-refractivity contribution in [1.82, 2.24) is 13.1 Å². The van der Waals surface area contributed by atoms with Crippen LogP contribution in [-0.4, -0.2) is 40.5 Å². The number of sulfonamides is 1. The van der Waals surface area contributed by atoms with Crippen molar-refractivity contribution in [3.63, 3.8) is 0 Å². The quantitative estimate of drug-likeness (QED) is 0.484. The van der Waals surface area contributed by atoms with Crippen molar-refractivity contribution in [1.29, 1.82) is 0 Å². The second kappa shape index (κ2) is 9.02. The van der Waals surface area contributed by atoms with Gasteiger partial charge in [0.2, 0.25) is 15.9 Å². The van der Waals surface area contributed by atoms with E-state index < -0.39 is 51.0 Å². The molecule has 1 aliphatic heterocycles. The molecule has 1 amide bonds. The first kappa shape index (κ1) is 25.3. The summed E-state index contributed by atoms with van der Waals surface area (Å²) in [6, 6.07) is 5.36. The lowest BCUT2D eigenvalue weighted by atomic mass is 9.97. The number of benzene rings is 2. The van der Waals surface area contributed by atoms with Gasteiger partial charge in [0.1, 0.15) is 15.9 Å². The number of carbonyl (C=O) groups is 1. The van der Waals surface area contributed by atoms with E-state index in [-0.39, 0.29) is 42.4 Å². The van der Waals surface area contributed by atoms with Crippen molar-refractivity contribution in [3.05, 3.63) is 47.5 Å². The molecule has 1 fully saturated rings. The van der Waals surface area contributed by atoms with E-state index in [4.69, 9.17) is 0 Å². The Hall–Kier alpha value is -2.78. The summed E-state index contributed by atoms with van der Waals surface area (Å²) in [7, 11) is -3.95. The van der Waals surface area contributed by atoms with E-state index in [9.17, 15) is 39.6 Å². The number of alkyl halides is 6. The monoisotopic (exact) mass is 538 g/mol. The molecule has 1 N–H and O–H groups in total. The third-order valence-electron chi connectivity index (χ3n) is 5.55. The van der Waals surface area contributed by atoms with Crippen LogP contribution in [0.2, 0.25) is 0 Å². The molecule has 1 aliphatic rings. The molecule has 2 heterocycles. The van der Waals surface area contributed by atoms with Gasteiger partial charge in [0.15, 0.2) is 0 Å². The van der Waals surface area contributed by atoms with Crippen LogP contribution in [0, 0.1) is 5.92 Å². The molecule has 0 radical (unpaired) electrons. The highest BCUT2D eigenvalue weighted by atomic mass is 32.2. The lowest BCUT2D eigenvalue weighted by Gasteiger charge is -2.30. The molecule has 0 unspecified atom stereocenters. The molecule has 4 rings (SSSR count). The van der Waals surface area contributed by atoms with Crippen LogP contribution in [0.4, 0.5) is 32.0 Å². The number of halogens is 6. The molecule has 0 bridgehead atoms. The predicted molar refractivity (Wildman–Crippen MR) is 114 cm³/mol. The Kier molecular flexibility index (Phi) is 6.53. The summed E-state index contributed by atoms with van der Waals surface area (Å²) < 4.78 is 114. The largest absolute Gasteiger partial charge is 0.416 e. The summed E-state index contributed by atoms with van der Waals surface area (Å²) in [5.41, 5.74) is -3.09. The number of hydrogen-bond donors (Lipinski definition) is 1. The lowest BCUT2D eigenvalue weighted by Crippen LogP contribution is -2.41. The van der Waals surface area contributed by atoms with Gasteiger partial charge in [-0.1, -0.05) is 6.07 Å². The number of piperidine rings is 1. The van der Waals surface area contributed by atoms with Crippen LogP contribution in [0.1, 0.15) is 24.0 Å². The first-order valence-corrected chi connectivity index (χ1v) is 12.3. The van der Waals surface area contributed by atoms with E-state index in [1.165, 1.54) is 12.1 Å². The summed E-state index contributed by atoms with van der Waals surface area (Å²) in [6.45, 7) is -0.129. The summed E-state index contributed by atoms with van der Waals surface area (Å²) in [5, 5.41) is 2.12. The molecule has 0 saturated carbocycles. The lowest BCUT2D eigenvalue weighted by molar-refractivity contribution is -0.143. The molecule has 15 heteroatoms. The smallest absolute Gasteiger partial charge is 0.326 e. The third kappa shape index (κ3) is 5.26. The highest BCUT2D eigenvalue weighted by molar-refractivity contribution is 7.89. The Bertz CT molecular complexity index is 1330. The zero-order chi connectivity index (χ0) is 25.6. The fourth-order valence-corrected chi connectivity index (χ4v) is 5.98. The number of carbonyl (C=O) groups excluding carboxylic acids is 1. The molecular formula is C20H16F6N4O3S2. The Morgan fingerprint density at radius 1 is 0.971 bits per heavy atom. The average molecular weight is 538 g/mol. The van der Waals surface area contributed by atoms with Gasteiger partial charge in [-0.15, -0.1) is 0 Å². The van der Waals surface area contributed by atoms with Gasteiger partial charge < -0.3 is 5.32 Å². The number of anilines is 1. The van der Waals surface area contributed by atoms with E-state index in [0.29, 0.717) is 17.6 Å². The van der Waals surface area contributed by atoms with Gasteiger partial charge in [-0.2, -0.15) is 39.4 Å². The van der Waals surface area contributed by atoms with Gasteiger partial charge in [-0.25, -0.2) is 8.42 Å². The third-order valence-corrected chi connectivity index (χ3v) is 8.02. The number of fused-ring (bicyclic) bond motifs is 1. The molecule has 0 aliphatic carbocycles. The van der Waals surface area contributed by atoms with Crippen LogP contribution in [0.3, 0.4) is 0 Å². The number of rotatable bonds is 4. The molecule has 7 nitrogen and oxygen atoms in total. The minimum Gasteiger partial charge on any atom is -0.326 e. The van der Waals surface area contributed by atoms with Gasteiger partial charge in [0.05, 0.1) is 22.9 Å². The van der Waals surface area contributed by atoms with Gasteiger partial charge in [-0.05, 0) is 43.2 Å². The molecule has 2 aromatic carbocycles. The molecule has 3 aromatic rings. The van der Waals surface area contributed by atoms with Crippen molar-refractivity contribution in [3.8, 4) is 0 Å². The summed E-state index contributed by atoms with van der Waals surface area (Å²) in [5.74, 6) is -1.60. The molecule has 188 valence electrons. The molecule has 1 saturated heterocycles. The minimum absolute atomic E-state index is 0.0292. The Labute approximate surface area is 199 Å². The summed E-state index contributed by atoms with van der Waals surface area (Å²) in [4.78, 5) is 12.6. The van der Waals surface area contributed by atoms with E-state index in [1.54, 1.807) is 6.07 Å². The maximum atomic E-state index is 13.1. The van der Waals surface area contributed by atoms with Crippen molar-refractivity contribution in [2.45, 2.75) is 30.1 Å². The highest BCUT2D eigenvalue weighted by Crippen LogP contribution is 2.38. The average Bonchev–Trinajstić information content (AvgIpc) is 3.26. The molecular weight excluding hydrogens is 522 g/mol. The van der Waals surface area contributed by atoms with Gasteiger partial charge in [0.25, 0.3) is 0 Å². The van der Waals surface area contributed by atoms with E-state index >= 15 is 0 Å². The Balaban J connectivity index is 1.48. The van der Waals surface area contributed by atoms with E-state index in [0.717, 1.165) is 16.0 Å². The van der Waals surface area contributed by atoms with E-state index in [2.05, 4.69) is 14.1 Å². The highest BCUT2D eigenvalue weighted by Gasteiger charge is 2.38. The second-order valence-corrected chi connectivity index (χ2v) is 10.3. The number of nitrogens with zero attached hydrogens (tertiary/aromatic N) is 3. The molecule has 35 heavy (non-hydrogen) atoms. The number of amides is 1. The first-order chi connectivity index (χ1) is 16.3. The fraction of sp³-hybridized carbons (Fsp3) is 0.350. The van der Waals surface area contributed by atoms with Crippen LogP contribution in [0.15, 0.2) is 41.3 Å². The standard InChI is InChI=1S/C20H16F6N4O3S2/c21-19(22,23)12-8-13(20(24,25)26)10-14(9-12)27-18(31)11-4-6-30(7-5-11)35(32,33)16-3-1-2-15-17(16)29-34-28-15/h1-3,8-11H,4-7H2,(H,27,31). The van der Waals surface area contributed by atoms with Crippen LogP contribution >= 0.6 is 11.7 Å². The van der Waals surface area contributed by atoms with Gasteiger partial charge in [-0.3, -0.25) is 4.79 Å². The SMILES string of the molecule is O=C(Nc1cc(C(F)(F)F)cc(C(F)(F)F)c1)C1CCN(S(=O)(=O)c2cccc3nsnc23)CC1. The zero-order valence-electron chi connectivity index (χ0n) is 17.5. The predicted octanol–water partition coefficient (Wildman–Crippen LogP) is 4.77. The number of aromatic nitrogens is 2. The van der Waals surface area contributed by atoms with Crippen molar-refractivity contribution in [2.24, 2.45) is 5.92 Å². The minimum atomic E-state index is -5.05.